The molecule has 0 bridgehead atoms. The highest BCUT2D eigenvalue weighted by Crippen LogP contribution is 2.22. The lowest BCUT2D eigenvalue weighted by Gasteiger charge is -2.09. The van der Waals surface area contributed by atoms with E-state index in [1.807, 2.05) is 13.8 Å². The van der Waals surface area contributed by atoms with E-state index in [-0.39, 0.29) is 6.04 Å². The second-order valence-electron chi connectivity index (χ2n) is 4.59. The minimum Gasteiger partial charge on any atom is -0.497 e. The Hall–Kier alpha value is -2.57. The number of hydrazone groups is 1. The second kappa shape index (κ2) is 8.66. The standard InChI is InChI=1S/C15H21N3O4/c1-5-10(2)17-14(19)15(20)18-16-9-11-6-7-12(21-3)8-13(11)22-4/h6-10H,5H2,1-4H3,(H,17,19)(H,18,20)/b16-9-/t10-/m1/s1. The normalized spacial score (nSPS) is 11.8. The average Bonchev–Trinajstić information content (AvgIpc) is 2.54. The number of ether oxygens (including phenoxy) is 2. The largest absolute Gasteiger partial charge is 0.497 e. The molecule has 0 radical (unpaired) electrons. The maximum atomic E-state index is 11.6. The van der Waals surface area contributed by atoms with Crippen molar-refractivity contribution in [2.24, 2.45) is 5.10 Å². The molecule has 0 heterocycles. The third-order valence-corrected chi connectivity index (χ3v) is 3.01. The summed E-state index contributed by atoms with van der Waals surface area (Å²) in [7, 11) is 3.07. The van der Waals surface area contributed by atoms with E-state index < -0.39 is 11.8 Å². The van der Waals surface area contributed by atoms with Gasteiger partial charge in [0.15, 0.2) is 0 Å². The smallest absolute Gasteiger partial charge is 0.329 e. The van der Waals surface area contributed by atoms with Gasteiger partial charge in [0.05, 0.1) is 20.4 Å². The number of carbonyl (C=O) groups is 2. The van der Waals surface area contributed by atoms with Gasteiger partial charge in [0.2, 0.25) is 0 Å². The van der Waals surface area contributed by atoms with Gasteiger partial charge < -0.3 is 14.8 Å². The number of nitrogens with zero attached hydrogens (tertiary/aromatic N) is 1. The van der Waals surface area contributed by atoms with Crippen molar-refractivity contribution >= 4 is 18.0 Å². The van der Waals surface area contributed by atoms with Crippen LogP contribution in [0, 0.1) is 0 Å². The number of carbonyl (C=O) groups excluding carboxylic acids is 2. The Morgan fingerprint density at radius 1 is 1.27 bits per heavy atom. The predicted octanol–water partition coefficient (Wildman–Crippen LogP) is 1.07. The minimum absolute atomic E-state index is 0.0658. The van der Waals surface area contributed by atoms with Gasteiger partial charge in [0.1, 0.15) is 11.5 Å². The second-order valence-corrected chi connectivity index (χ2v) is 4.59. The average molecular weight is 307 g/mol. The van der Waals surface area contributed by atoms with Crippen LogP contribution in [-0.2, 0) is 9.59 Å². The molecule has 0 saturated heterocycles. The quantitative estimate of drug-likeness (QED) is 0.467. The van der Waals surface area contributed by atoms with Crippen molar-refractivity contribution in [3.63, 3.8) is 0 Å². The number of benzene rings is 1. The summed E-state index contributed by atoms with van der Waals surface area (Å²) in [5.74, 6) is -0.343. The molecule has 2 amide bonds. The molecule has 1 atom stereocenters. The Balaban J connectivity index is 2.65. The van der Waals surface area contributed by atoms with Crippen molar-refractivity contribution in [2.45, 2.75) is 26.3 Å². The third-order valence-electron chi connectivity index (χ3n) is 3.01. The lowest BCUT2D eigenvalue weighted by Crippen LogP contribution is -2.41. The van der Waals surface area contributed by atoms with Crippen LogP contribution in [-0.4, -0.2) is 38.3 Å². The molecule has 0 aliphatic carbocycles. The molecule has 0 aliphatic heterocycles. The Kier molecular flexibility index (Phi) is 6.88. The molecule has 7 nitrogen and oxygen atoms in total. The van der Waals surface area contributed by atoms with Crippen LogP contribution < -0.4 is 20.2 Å². The zero-order valence-electron chi connectivity index (χ0n) is 13.2. The van der Waals surface area contributed by atoms with Gasteiger partial charge in [-0.3, -0.25) is 9.59 Å². The summed E-state index contributed by atoms with van der Waals surface area (Å²) >= 11 is 0. The summed E-state index contributed by atoms with van der Waals surface area (Å²) in [6.07, 6.45) is 2.14. The van der Waals surface area contributed by atoms with E-state index in [0.29, 0.717) is 17.1 Å². The van der Waals surface area contributed by atoms with Crippen LogP contribution in [0.25, 0.3) is 0 Å². The van der Waals surface area contributed by atoms with Gasteiger partial charge in [-0.15, -0.1) is 0 Å². The molecule has 7 heteroatoms. The van der Waals surface area contributed by atoms with Crippen molar-refractivity contribution in [3.05, 3.63) is 23.8 Å². The molecule has 0 aliphatic rings. The van der Waals surface area contributed by atoms with Crippen molar-refractivity contribution in [2.75, 3.05) is 14.2 Å². The molecule has 0 aromatic heterocycles. The number of amides is 2. The number of methoxy groups -OCH3 is 2. The van der Waals surface area contributed by atoms with Gasteiger partial charge in [-0.2, -0.15) is 5.10 Å². The Labute approximate surface area is 129 Å². The zero-order chi connectivity index (χ0) is 16.5. The fourth-order valence-electron chi connectivity index (χ4n) is 1.53. The molecule has 0 spiro atoms. The highest BCUT2D eigenvalue weighted by molar-refractivity contribution is 6.35. The summed E-state index contributed by atoms with van der Waals surface area (Å²) in [5, 5.41) is 6.30. The Morgan fingerprint density at radius 2 is 2.00 bits per heavy atom. The summed E-state index contributed by atoms with van der Waals surface area (Å²) in [6, 6.07) is 5.09. The van der Waals surface area contributed by atoms with Crippen molar-refractivity contribution in [3.8, 4) is 11.5 Å². The van der Waals surface area contributed by atoms with Gasteiger partial charge in [-0.1, -0.05) is 6.92 Å². The van der Waals surface area contributed by atoms with E-state index in [4.69, 9.17) is 9.47 Å². The lowest BCUT2D eigenvalue weighted by atomic mass is 10.2. The van der Waals surface area contributed by atoms with Crippen LogP contribution in [0.2, 0.25) is 0 Å². The van der Waals surface area contributed by atoms with Crippen molar-refractivity contribution in [1.29, 1.82) is 0 Å². The number of hydrogen-bond acceptors (Lipinski definition) is 5. The van der Waals surface area contributed by atoms with Gasteiger partial charge in [0.25, 0.3) is 0 Å². The molecule has 0 unspecified atom stereocenters. The number of hydrogen-bond donors (Lipinski definition) is 2. The first-order valence-electron chi connectivity index (χ1n) is 6.87. The molecule has 2 N–H and O–H groups in total. The van der Waals surface area contributed by atoms with Crippen molar-refractivity contribution < 1.29 is 19.1 Å². The molecule has 1 rings (SSSR count). The molecule has 0 saturated carbocycles. The van der Waals surface area contributed by atoms with E-state index in [0.717, 1.165) is 6.42 Å². The topological polar surface area (TPSA) is 89.0 Å². The molecular weight excluding hydrogens is 286 g/mol. The number of nitrogens with one attached hydrogen (secondary N) is 2. The van der Waals surface area contributed by atoms with E-state index in [9.17, 15) is 9.59 Å². The molecule has 1 aromatic carbocycles. The zero-order valence-corrected chi connectivity index (χ0v) is 13.2. The highest BCUT2D eigenvalue weighted by atomic mass is 16.5. The van der Waals surface area contributed by atoms with Crippen LogP contribution in [0.1, 0.15) is 25.8 Å². The molecule has 0 fully saturated rings. The predicted molar refractivity (Wildman–Crippen MR) is 83.2 cm³/mol. The summed E-state index contributed by atoms with van der Waals surface area (Å²) in [4.78, 5) is 23.1. The molecule has 1 aromatic rings. The van der Waals surface area contributed by atoms with Crippen LogP contribution in [0.5, 0.6) is 11.5 Å². The van der Waals surface area contributed by atoms with E-state index >= 15 is 0 Å². The van der Waals surface area contributed by atoms with E-state index in [1.54, 1.807) is 25.3 Å². The molecule has 22 heavy (non-hydrogen) atoms. The van der Waals surface area contributed by atoms with Crippen LogP contribution in [0.15, 0.2) is 23.3 Å². The fraction of sp³-hybridized carbons (Fsp3) is 0.400. The summed E-state index contributed by atoms with van der Waals surface area (Å²) < 4.78 is 10.3. The van der Waals surface area contributed by atoms with Crippen LogP contribution in [0.3, 0.4) is 0 Å². The fourth-order valence-corrected chi connectivity index (χ4v) is 1.53. The molecule has 120 valence electrons. The molecular formula is C15H21N3O4. The lowest BCUT2D eigenvalue weighted by molar-refractivity contribution is -0.139. The maximum absolute atomic E-state index is 11.6. The summed E-state index contributed by atoms with van der Waals surface area (Å²) in [6.45, 7) is 3.73. The first-order valence-corrected chi connectivity index (χ1v) is 6.87. The van der Waals surface area contributed by atoms with E-state index in [1.165, 1.54) is 13.3 Å². The Morgan fingerprint density at radius 3 is 2.59 bits per heavy atom. The van der Waals surface area contributed by atoms with Gasteiger partial charge >= 0.3 is 11.8 Å². The van der Waals surface area contributed by atoms with Crippen molar-refractivity contribution in [1.82, 2.24) is 10.7 Å². The monoisotopic (exact) mass is 307 g/mol. The van der Waals surface area contributed by atoms with Crippen LogP contribution in [0.4, 0.5) is 0 Å². The van der Waals surface area contributed by atoms with Gasteiger partial charge in [-0.05, 0) is 25.5 Å². The third kappa shape index (κ3) is 5.08. The maximum Gasteiger partial charge on any atom is 0.329 e. The highest BCUT2D eigenvalue weighted by Gasteiger charge is 2.14. The number of rotatable bonds is 6. The minimum atomic E-state index is -0.816. The Bertz CT molecular complexity index is 558. The first-order chi connectivity index (χ1) is 10.5. The van der Waals surface area contributed by atoms with Crippen LogP contribution >= 0.6 is 0 Å². The van der Waals surface area contributed by atoms with Gasteiger partial charge in [-0.25, -0.2) is 5.43 Å². The first kappa shape index (κ1) is 17.5. The van der Waals surface area contributed by atoms with Gasteiger partial charge in [0, 0.05) is 17.7 Å². The summed E-state index contributed by atoms with van der Waals surface area (Å²) in [5.41, 5.74) is 2.82. The van der Waals surface area contributed by atoms with E-state index in [2.05, 4.69) is 15.8 Å². The SMILES string of the molecule is CC[C@@H](C)NC(=O)C(=O)N/N=C\c1ccc(OC)cc1OC.